The van der Waals surface area contributed by atoms with Crippen molar-refractivity contribution in [2.45, 2.75) is 149 Å². The summed E-state index contributed by atoms with van der Waals surface area (Å²) in [6.45, 7) is 4.74. The molecule has 2 heteroatoms. The molecule has 182 valence electrons. The average Bonchev–Trinajstić information content (AvgIpc) is 2.75. The monoisotopic (exact) mass is 434 g/mol. The van der Waals surface area contributed by atoms with Gasteiger partial charge in [0.05, 0.1) is 0 Å². The zero-order valence-corrected chi connectivity index (χ0v) is 21.1. The van der Waals surface area contributed by atoms with Gasteiger partial charge in [-0.3, -0.25) is 4.79 Å². The van der Waals surface area contributed by atoms with E-state index in [0.29, 0.717) is 0 Å². The number of carboxylic acids is 1. The summed E-state index contributed by atoms with van der Waals surface area (Å²) in [4.78, 5) is 10.4. The fourth-order valence-electron chi connectivity index (χ4n) is 4.09. The Hall–Kier alpha value is -1.05. The first kappa shape index (κ1) is 29.9. The zero-order chi connectivity index (χ0) is 22.8. The van der Waals surface area contributed by atoms with Crippen LogP contribution in [0, 0.1) is 5.92 Å². The standard InChI is InChI=1S/C29H54O2/c1-3-4-5-22-25-28(2)26-23-20-18-16-14-12-10-8-6-7-9-11-13-15-17-19-21-24-27-29(30)31/h9,11,17,19,28H,3-8,10,12-16,18,20-27H2,1-2H3,(H,30,31)/b11-9+,19-17+. The van der Waals surface area contributed by atoms with Gasteiger partial charge in [-0.25, -0.2) is 0 Å². The average molecular weight is 435 g/mol. The molecule has 0 aliphatic rings. The Morgan fingerprint density at radius 1 is 0.613 bits per heavy atom. The summed E-state index contributed by atoms with van der Waals surface area (Å²) in [5.41, 5.74) is 0. The van der Waals surface area contributed by atoms with Crippen LogP contribution in [0.3, 0.4) is 0 Å². The molecule has 31 heavy (non-hydrogen) atoms. The van der Waals surface area contributed by atoms with Crippen LogP contribution >= 0.6 is 0 Å². The summed E-state index contributed by atoms with van der Waals surface area (Å²) >= 11 is 0. The van der Waals surface area contributed by atoms with Crippen molar-refractivity contribution in [1.82, 2.24) is 0 Å². The van der Waals surface area contributed by atoms with Crippen molar-refractivity contribution in [3.05, 3.63) is 24.3 Å². The molecule has 0 aliphatic heterocycles. The topological polar surface area (TPSA) is 37.3 Å². The van der Waals surface area contributed by atoms with Crippen molar-refractivity contribution < 1.29 is 9.90 Å². The predicted molar refractivity (Wildman–Crippen MR) is 138 cm³/mol. The van der Waals surface area contributed by atoms with Gasteiger partial charge in [0.2, 0.25) is 0 Å². The number of unbranched alkanes of at least 4 members (excludes halogenated alkanes) is 14. The molecule has 0 radical (unpaired) electrons. The minimum Gasteiger partial charge on any atom is -0.481 e. The molecule has 2 nitrogen and oxygen atoms in total. The molecular formula is C29H54O2. The normalized spacial score (nSPS) is 12.8. The van der Waals surface area contributed by atoms with Crippen LogP contribution in [0.1, 0.15) is 149 Å². The van der Waals surface area contributed by atoms with Gasteiger partial charge in [0.1, 0.15) is 0 Å². The lowest BCUT2D eigenvalue weighted by Gasteiger charge is -2.10. The minimum atomic E-state index is -0.694. The number of aliphatic carboxylic acids is 1. The third-order valence-electron chi connectivity index (χ3n) is 6.21. The molecule has 1 N–H and O–H groups in total. The molecule has 0 amide bonds. The molecule has 0 aromatic rings. The highest BCUT2D eigenvalue weighted by molar-refractivity contribution is 5.66. The van der Waals surface area contributed by atoms with Crippen molar-refractivity contribution in [1.29, 1.82) is 0 Å². The molecule has 0 aromatic heterocycles. The van der Waals surface area contributed by atoms with Crippen LogP contribution in [0.2, 0.25) is 0 Å². The van der Waals surface area contributed by atoms with Gasteiger partial charge in [-0.15, -0.1) is 0 Å². The van der Waals surface area contributed by atoms with E-state index < -0.39 is 5.97 Å². The third-order valence-corrected chi connectivity index (χ3v) is 6.21. The van der Waals surface area contributed by atoms with Gasteiger partial charge in [0.25, 0.3) is 0 Å². The number of rotatable bonds is 24. The van der Waals surface area contributed by atoms with E-state index >= 15 is 0 Å². The SMILES string of the molecule is CCCCCCC(C)CCCCCCCCCCC/C=C/CC/C=C/CCCC(=O)O. The highest BCUT2D eigenvalue weighted by atomic mass is 16.4. The fraction of sp³-hybridized carbons (Fsp3) is 0.828. The molecule has 0 aliphatic carbocycles. The Labute approximate surface area is 195 Å². The second-order valence-corrected chi connectivity index (χ2v) is 9.52. The van der Waals surface area contributed by atoms with Crippen LogP contribution < -0.4 is 0 Å². The molecule has 0 saturated carbocycles. The predicted octanol–water partition coefficient (Wildman–Crippen LogP) is 10.0. The Bertz CT molecular complexity index is 424. The molecular weight excluding hydrogens is 380 g/mol. The van der Waals surface area contributed by atoms with Gasteiger partial charge in [-0.1, -0.05) is 128 Å². The number of allylic oxidation sites excluding steroid dienone is 4. The van der Waals surface area contributed by atoms with Crippen molar-refractivity contribution in [2.24, 2.45) is 5.92 Å². The lowest BCUT2D eigenvalue weighted by atomic mass is 9.96. The van der Waals surface area contributed by atoms with E-state index in [9.17, 15) is 4.79 Å². The summed E-state index contributed by atoms with van der Waals surface area (Å²) in [6, 6.07) is 0. The summed E-state index contributed by atoms with van der Waals surface area (Å²) in [6.07, 6.45) is 35.5. The number of carbonyl (C=O) groups is 1. The molecule has 0 rings (SSSR count). The molecule has 0 bridgehead atoms. The lowest BCUT2D eigenvalue weighted by Crippen LogP contribution is -1.95. The highest BCUT2D eigenvalue weighted by Gasteiger charge is 2.01. The molecule has 0 heterocycles. The first-order chi connectivity index (χ1) is 15.2. The fourth-order valence-corrected chi connectivity index (χ4v) is 4.09. The quantitative estimate of drug-likeness (QED) is 0.121. The second-order valence-electron chi connectivity index (χ2n) is 9.52. The molecule has 0 saturated heterocycles. The van der Waals surface area contributed by atoms with E-state index in [1.807, 2.05) is 0 Å². The van der Waals surface area contributed by atoms with Gasteiger partial charge < -0.3 is 5.11 Å². The maximum absolute atomic E-state index is 10.4. The summed E-state index contributed by atoms with van der Waals surface area (Å²) in [7, 11) is 0. The van der Waals surface area contributed by atoms with E-state index in [1.165, 1.54) is 103 Å². The van der Waals surface area contributed by atoms with Crippen molar-refractivity contribution >= 4 is 5.97 Å². The summed E-state index contributed by atoms with van der Waals surface area (Å²) in [5, 5.41) is 8.57. The Morgan fingerprint density at radius 2 is 1.03 bits per heavy atom. The lowest BCUT2D eigenvalue weighted by molar-refractivity contribution is -0.137. The van der Waals surface area contributed by atoms with E-state index in [2.05, 4.69) is 38.2 Å². The number of hydrogen-bond donors (Lipinski definition) is 1. The molecule has 1 unspecified atom stereocenters. The molecule has 0 spiro atoms. The highest BCUT2D eigenvalue weighted by Crippen LogP contribution is 2.18. The van der Waals surface area contributed by atoms with Crippen LogP contribution in [0.4, 0.5) is 0 Å². The van der Waals surface area contributed by atoms with Crippen LogP contribution in [-0.4, -0.2) is 11.1 Å². The van der Waals surface area contributed by atoms with Crippen molar-refractivity contribution in [3.63, 3.8) is 0 Å². The summed E-state index contributed by atoms with van der Waals surface area (Å²) in [5.74, 6) is 0.248. The molecule has 0 aromatic carbocycles. The van der Waals surface area contributed by atoms with Crippen LogP contribution in [0.5, 0.6) is 0 Å². The van der Waals surface area contributed by atoms with Gasteiger partial charge in [0, 0.05) is 6.42 Å². The van der Waals surface area contributed by atoms with E-state index in [0.717, 1.165) is 31.6 Å². The summed E-state index contributed by atoms with van der Waals surface area (Å²) < 4.78 is 0. The molecule has 1 atom stereocenters. The van der Waals surface area contributed by atoms with Gasteiger partial charge in [0.15, 0.2) is 0 Å². The number of hydrogen-bond acceptors (Lipinski definition) is 1. The Morgan fingerprint density at radius 3 is 1.55 bits per heavy atom. The van der Waals surface area contributed by atoms with Crippen molar-refractivity contribution in [3.8, 4) is 0 Å². The Balaban J connectivity index is 3.21. The van der Waals surface area contributed by atoms with Gasteiger partial charge in [-0.2, -0.15) is 0 Å². The third kappa shape index (κ3) is 26.9. The number of carboxylic acid groups (broad SMARTS) is 1. The van der Waals surface area contributed by atoms with E-state index in [1.54, 1.807) is 0 Å². The van der Waals surface area contributed by atoms with Crippen LogP contribution in [0.25, 0.3) is 0 Å². The second kappa shape index (κ2) is 25.2. The Kier molecular flexibility index (Phi) is 24.4. The van der Waals surface area contributed by atoms with Crippen molar-refractivity contribution in [2.75, 3.05) is 0 Å². The molecule has 0 fully saturated rings. The first-order valence-electron chi connectivity index (χ1n) is 13.7. The van der Waals surface area contributed by atoms with E-state index in [4.69, 9.17) is 5.11 Å². The first-order valence-corrected chi connectivity index (χ1v) is 13.7. The minimum absolute atomic E-state index is 0.281. The van der Waals surface area contributed by atoms with E-state index in [-0.39, 0.29) is 6.42 Å². The maximum atomic E-state index is 10.4. The largest absolute Gasteiger partial charge is 0.481 e. The van der Waals surface area contributed by atoms with Gasteiger partial charge in [-0.05, 0) is 44.4 Å². The zero-order valence-electron chi connectivity index (χ0n) is 21.1. The maximum Gasteiger partial charge on any atom is 0.303 e. The van der Waals surface area contributed by atoms with Gasteiger partial charge >= 0.3 is 5.97 Å². The van der Waals surface area contributed by atoms with Crippen LogP contribution in [0.15, 0.2) is 24.3 Å². The smallest absolute Gasteiger partial charge is 0.303 e. The van der Waals surface area contributed by atoms with Crippen LogP contribution in [-0.2, 0) is 4.79 Å².